The van der Waals surface area contributed by atoms with Gasteiger partial charge in [0.2, 0.25) is 6.79 Å². The van der Waals surface area contributed by atoms with Gasteiger partial charge in [0.15, 0.2) is 36.1 Å². The summed E-state index contributed by atoms with van der Waals surface area (Å²) in [7, 11) is 1.31. The van der Waals surface area contributed by atoms with Crippen molar-refractivity contribution in [1.29, 1.82) is 0 Å². The molecule has 2 aliphatic heterocycles. The third-order valence-corrected chi connectivity index (χ3v) is 6.22. The van der Waals surface area contributed by atoms with Crippen LogP contribution >= 0.6 is 0 Å². The van der Waals surface area contributed by atoms with E-state index >= 15 is 0 Å². The van der Waals surface area contributed by atoms with Gasteiger partial charge in [-0.3, -0.25) is 14.9 Å². The number of aliphatic hydroxyl groups is 1. The standard InChI is InChI=1S/C27H35NO11/c1-6-8-15(3)24(30)37-22-21(39-27(32)28-17-10-11-18-19(12-17)35-14-34-18)20(13-29)36-26(33-5)23(22)38-25(31)16(4)9-7-2/h6-7,10-12,15-16,20-23,26,29H,1-2,8-9,13-14H2,3-5H3,(H,28,32)/t15-,16-,20+,21+,22-,23-,26-/m0/s1. The Morgan fingerprint density at radius 1 is 1.00 bits per heavy atom. The zero-order valence-electron chi connectivity index (χ0n) is 22.2. The maximum absolute atomic E-state index is 12.9. The van der Waals surface area contributed by atoms with Gasteiger partial charge in [-0.2, -0.15) is 0 Å². The Labute approximate surface area is 226 Å². The molecular weight excluding hydrogens is 514 g/mol. The number of ether oxygens (including phenoxy) is 7. The van der Waals surface area contributed by atoms with Gasteiger partial charge in [0.1, 0.15) is 6.10 Å². The topological polar surface area (TPSA) is 148 Å². The van der Waals surface area contributed by atoms with E-state index in [1.165, 1.54) is 7.11 Å². The molecule has 1 aromatic carbocycles. The van der Waals surface area contributed by atoms with E-state index in [1.807, 2.05) is 0 Å². The minimum Gasteiger partial charge on any atom is -0.454 e. The highest BCUT2D eigenvalue weighted by molar-refractivity contribution is 5.85. The van der Waals surface area contributed by atoms with Crippen LogP contribution in [-0.2, 0) is 33.3 Å². The Bertz CT molecular complexity index is 1040. The second-order valence-corrected chi connectivity index (χ2v) is 9.18. The lowest BCUT2D eigenvalue weighted by Crippen LogP contribution is -2.63. The molecule has 0 radical (unpaired) electrons. The maximum Gasteiger partial charge on any atom is 0.412 e. The van der Waals surface area contributed by atoms with E-state index in [9.17, 15) is 19.5 Å². The summed E-state index contributed by atoms with van der Waals surface area (Å²) >= 11 is 0. The number of aliphatic hydroxyl groups excluding tert-OH is 1. The number of nitrogens with one attached hydrogen (secondary N) is 1. The smallest absolute Gasteiger partial charge is 0.412 e. The van der Waals surface area contributed by atoms with Crippen LogP contribution in [0.2, 0.25) is 0 Å². The molecule has 0 bridgehead atoms. The number of rotatable bonds is 12. The van der Waals surface area contributed by atoms with Crippen molar-refractivity contribution in [2.45, 2.75) is 57.4 Å². The summed E-state index contributed by atoms with van der Waals surface area (Å²) < 4.78 is 38.8. The number of methoxy groups -OCH3 is 1. The van der Waals surface area contributed by atoms with Crippen molar-refractivity contribution in [1.82, 2.24) is 0 Å². The van der Waals surface area contributed by atoms with Crippen molar-refractivity contribution in [3.8, 4) is 11.5 Å². The highest BCUT2D eigenvalue weighted by atomic mass is 16.7. The highest BCUT2D eigenvalue weighted by Gasteiger charge is 2.53. The fourth-order valence-electron chi connectivity index (χ4n) is 4.06. The van der Waals surface area contributed by atoms with E-state index in [2.05, 4.69) is 18.5 Å². The van der Waals surface area contributed by atoms with Crippen molar-refractivity contribution in [3.05, 3.63) is 43.5 Å². The number of benzene rings is 1. The Balaban J connectivity index is 1.88. The Morgan fingerprint density at radius 2 is 1.62 bits per heavy atom. The van der Waals surface area contributed by atoms with Crippen molar-refractivity contribution >= 4 is 23.7 Å². The van der Waals surface area contributed by atoms with E-state index in [0.29, 0.717) is 30.0 Å². The minimum atomic E-state index is -1.37. The van der Waals surface area contributed by atoms with Gasteiger partial charge in [0.25, 0.3) is 0 Å². The molecule has 1 aromatic rings. The lowest BCUT2D eigenvalue weighted by atomic mass is 9.97. The van der Waals surface area contributed by atoms with E-state index in [1.54, 1.807) is 44.2 Å². The van der Waals surface area contributed by atoms with Gasteiger partial charge >= 0.3 is 18.0 Å². The van der Waals surface area contributed by atoms with Gasteiger partial charge in [-0.15, -0.1) is 13.2 Å². The quantitative estimate of drug-likeness (QED) is 0.225. The summed E-state index contributed by atoms with van der Waals surface area (Å²) in [6.45, 7) is 9.98. The van der Waals surface area contributed by atoms with E-state index in [4.69, 9.17) is 33.2 Å². The summed E-state index contributed by atoms with van der Waals surface area (Å²) in [5.74, 6) is -1.49. The van der Waals surface area contributed by atoms with Crippen LogP contribution < -0.4 is 14.8 Å². The number of hydrogen-bond donors (Lipinski definition) is 2. The molecule has 1 fully saturated rings. The molecule has 2 N–H and O–H groups in total. The molecule has 2 heterocycles. The zero-order chi connectivity index (χ0) is 28.5. The Kier molecular flexibility index (Phi) is 10.7. The normalized spacial score (nSPS) is 25.1. The average Bonchev–Trinajstić information content (AvgIpc) is 3.38. The third kappa shape index (κ3) is 7.49. The molecule has 3 rings (SSSR count). The van der Waals surface area contributed by atoms with Gasteiger partial charge in [-0.05, 0) is 25.0 Å². The fourth-order valence-corrected chi connectivity index (χ4v) is 4.06. The lowest BCUT2D eigenvalue weighted by molar-refractivity contribution is -0.300. The molecule has 1 amide bonds. The molecule has 0 saturated carbocycles. The number of hydrogen-bond acceptors (Lipinski definition) is 11. The molecule has 7 atom stereocenters. The van der Waals surface area contributed by atoms with Crippen LogP contribution in [0.25, 0.3) is 0 Å². The summed E-state index contributed by atoms with van der Waals surface area (Å²) in [6, 6.07) is 4.75. The molecule has 0 spiro atoms. The van der Waals surface area contributed by atoms with E-state index in [-0.39, 0.29) is 6.79 Å². The average molecular weight is 550 g/mol. The molecule has 0 aromatic heterocycles. The summed E-state index contributed by atoms with van der Waals surface area (Å²) in [5, 5.41) is 12.6. The van der Waals surface area contributed by atoms with Crippen molar-refractivity contribution in [2.75, 3.05) is 25.8 Å². The number of fused-ring (bicyclic) bond motifs is 1. The monoisotopic (exact) mass is 549 g/mol. The largest absolute Gasteiger partial charge is 0.454 e. The number of carbonyl (C=O) groups is 3. The molecule has 12 nitrogen and oxygen atoms in total. The first-order chi connectivity index (χ1) is 18.7. The molecule has 2 aliphatic rings. The van der Waals surface area contributed by atoms with Gasteiger partial charge < -0.3 is 38.3 Å². The first-order valence-electron chi connectivity index (χ1n) is 12.5. The molecule has 1 saturated heterocycles. The first kappa shape index (κ1) is 29.9. The van der Waals surface area contributed by atoms with Crippen molar-refractivity contribution in [2.24, 2.45) is 11.8 Å². The minimum absolute atomic E-state index is 0.0599. The maximum atomic E-state index is 12.9. The van der Waals surface area contributed by atoms with Crippen LogP contribution in [0.1, 0.15) is 26.7 Å². The van der Waals surface area contributed by atoms with Crippen LogP contribution in [0.15, 0.2) is 43.5 Å². The summed E-state index contributed by atoms with van der Waals surface area (Å²) in [4.78, 5) is 38.7. The highest BCUT2D eigenvalue weighted by Crippen LogP contribution is 2.35. The lowest BCUT2D eigenvalue weighted by Gasteiger charge is -2.44. The second kappa shape index (κ2) is 14.0. The molecule has 0 unspecified atom stereocenters. The van der Waals surface area contributed by atoms with Gasteiger partial charge in [0, 0.05) is 18.9 Å². The molecular formula is C27H35NO11. The van der Waals surface area contributed by atoms with Crippen LogP contribution in [0, 0.1) is 11.8 Å². The van der Waals surface area contributed by atoms with E-state index < -0.39 is 67.2 Å². The first-order valence-corrected chi connectivity index (χ1v) is 12.5. The van der Waals surface area contributed by atoms with Crippen LogP contribution in [0.3, 0.4) is 0 Å². The van der Waals surface area contributed by atoms with Crippen LogP contribution in [0.4, 0.5) is 10.5 Å². The number of anilines is 1. The number of allylic oxidation sites excluding steroid dienone is 2. The predicted molar refractivity (Wildman–Crippen MR) is 137 cm³/mol. The number of amides is 1. The van der Waals surface area contributed by atoms with Gasteiger partial charge in [-0.1, -0.05) is 26.0 Å². The molecule has 214 valence electrons. The molecule has 12 heteroatoms. The van der Waals surface area contributed by atoms with Crippen molar-refractivity contribution in [3.63, 3.8) is 0 Å². The van der Waals surface area contributed by atoms with Crippen molar-refractivity contribution < 1.29 is 52.6 Å². The van der Waals surface area contributed by atoms with E-state index in [0.717, 1.165) is 0 Å². The summed E-state index contributed by atoms with van der Waals surface area (Å²) in [5.41, 5.74) is 0.339. The second-order valence-electron chi connectivity index (χ2n) is 9.18. The Hall–Kier alpha value is -3.61. The molecule has 0 aliphatic carbocycles. The summed E-state index contributed by atoms with van der Waals surface area (Å²) in [6.07, 6.45) is -3.63. The fraction of sp³-hybridized carbons (Fsp3) is 0.519. The van der Waals surface area contributed by atoms with Gasteiger partial charge in [-0.25, -0.2) is 4.79 Å². The van der Waals surface area contributed by atoms with Crippen LogP contribution in [0.5, 0.6) is 11.5 Å². The number of carbonyl (C=O) groups excluding carboxylic acids is 3. The van der Waals surface area contributed by atoms with Crippen LogP contribution in [-0.4, -0.2) is 74.4 Å². The predicted octanol–water partition coefficient (Wildman–Crippen LogP) is 2.94. The number of esters is 2. The zero-order valence-corrected chi connectivity index (χ0v) is 22.2. The van der Waals surface area contributed by atoms with Gasteiger partial charge in [0.05, 0.1) is 18.4 Å². The third-order valence-electron chi connectivity index (χ3n) is 6.22. The molecule has 39 heavy (non-hydrogen) atoms. The Morgan fingerprint density at radius 3 is 2.21 bits per heavy atom. The SMILES string of the molecule is C=CC[C@H](C)C(=O)O[C@@H]1[C@H](OC(=O)[C@@H](C)CC=C)[C@@H](OC)O[C@H](CO)[C@H]1OC(=O)Nc1ccc2c(c1)OCO2.